The van der Waals surface area contributed by atoms with Crippen LogP contribution in [0.1, 0.15) is 55.2 Å². The lowest BCUT2D eigenvalue weighted by Gasteiger charge is -2.34. The van der Waals surface area contributed by atoms with Gasteiger partial charge >= 0.3 is 0 Å². The molecule has 1 aliphatic rings. The van der Waals surface area contributed by atoms with Crippen molar-refractivity contribution in [3.8, 4) is 0 Å². The largest absolute Gasteiger partial charge is 0.386 e. The van der Waals surface area contributed by atoms with Crippen LogP contribution in [0.2, 0.25) is 0 Å². The minimum atomic E-state index is -0.950. The van der Waals surface area contributed by atoms with Gasteiger partial charge in [0, 0.05) is 43.8 Å². The number of piperidine rings is 1. The third kappa shape index (κ3) is 4.80. The molecular formula is C24H29N5O3. The zero-order chi connectivity index (χ0) is 22.9. The Bertz CT molecular complexity index is 1130. The zero-order valence-corrected chi connectivity index (χ0v) is 18.7. The van der Waals surface area contributed by atoms with Gasteiger partial charge in [-0.1, -0.05) is 24.3 Å². The standard InChI is InChI=1S/C24H29N5O3/c1-16(30)26-19-5-4-12-28(15-19)23-14-20(27-22-10-11-25-29(22)23)13-21(31)17-6-8-18(9-7-17)24(2,3)32/h6-11,14,19,32H,4-5,12-13,15H2,1-3H3,(H,26,30)/t19-/m0/s1. The predicted octanol–water partition coefficient (Wildman–Crippen LogP) is 2.49. The van der Waals surface area contributed by atoms with E-state index in [0.717, 1.165) is 30.8 Å². The van der Waals surface area contributed by atoms with Crippen molar-refractivity contribution in [2.24, 2.45) is 0 Å². The molecule has 1 aromatic carbocycles. The summed E-state index contributed by atoms with van der Waals surface area (Å²) in [6.07, 6.45) is 3.76. The summed E-state index contributed by atoms with van der Waals surface area (Å²) in [7, 11) is 0. The van der Waals surface area contributed by atoms with Crippen molar-refractivity contribution in [1.82, 2.24) is 19.9 Å². The van der Waals surface area contributed by atoms with Crippen molar-refractivity contribution in [3.63, 3.8) is 0 Å². The molecule has 1 fully saturated rings. The number of hydrogen-bond donors (Lipinski definition) is 2. The van der Waals surface area contributed by atoms with Gasteiger partial charge in [-0.2, -0.15) is 9.61 Å². The maximum atomic E-state index is 12.9. The van der Waals surface area contributed by atoms with Gasteiger partial charge < -0.3 is 15.3 Å². The van der Waals surface area contributed by atoms with Gasteiger partial charge in [-0.3, -0.25) is 9.59 Å². The Hall–Kier alpha value is -3.26. The molecule has 8 heteroatoms. The van der Waals surface area contributed by atoms with Gasteiger partial charge in [-0.05, 0) is 32.3 Å². The molecule has 3 aromatic rings. The second kappa shape index (κ2) is 8.70. The molecule has 1 saturated heterocycles. The number of ketones is 1. The number of fused-ring (bicyclic) bond motifs is 1. The molecule has 168 valence electrons. The molecule has 32 heavy (non-hydrogen) atoms. The number of rotatable bonds is 6. The van der Waals surface area contributed by atoms with Crippen molar-refractivity contribution in [1.29, 1.82) is 0 Å². The van der Waals surface area contributed by atoms with Gasteiger partial charge in [0.25, 0.3) is 0 Å². The number of anilines is 1. The molecule has 4 rings (SSSR count). The number of Topliss-reactive ketones (excluding diaryl/α,β-unsaturated/α-hetero) is 1. The number of nitrogens with zero attached hydrogens (tertiary/aromatic N) is 4. The molecule has 2 aromatic heterocycles. The summed E-state index contributed by atoms with van der Waals surface area (Å²) in [6, 6.07) is 10.9. The Morgan fingerprint density at radius 1 is 1.22 bits per heavy atom. The number of aliphatic hydroxyl groups is 1. The molecule has 0 unspecified atom stereocenters. The molecule has 3 heterocycles. The first-order valence-corrected chi connectivity index (χ1v) is 10.9. The highest BCUT2D eigenvalue weighted by atomic mass is 16.3. The van der Waals surface area contributed by atoms with Crippen LogP contribution in [-0.2, 0) is 16.8 Å². The molecule has 1 amide bonds. The smallest absolute Gasteiger partial charge is 0.217 e. The van der Waals surface area contributed by atoms with E-state index in [0.29, 0.717) is 23.4 Å². The number of aromatic nitrogens is 3. The number of benzene rings is 1. The number of carbonyl (C=O) groups is 2. The van der Waals surface area contributed by atoms with E-state index in [4.69, 9.17) is 0 Å². The summed E-state index contributed by atoms with van der Waals surface area (Å²) in [4.78, 5) is 31.2. The molecule has 2 N–H and O–H groups in total. The monoisotopic (exact) mass is 435 g/mol. The summed E-state index contributed by atoms with van der Waals surface area (Å²) in [5.74, 6) is 0.803. The molecular weight excluding hydrogens is 406 g/mol. The fraction of sp³-hybridized carbons (Fsp3) is 0.417. The Morgan fingerprint density at radius 2 is 1.97 bits per heavy atom. The summed E-state index contributed by atoms with van der Waals surface area (Å²) in [6.45, 7) is 6.50. The maximum Gasteiger partial charge on any atom is 0.217 e. The highest BCUT2D eigenvalue weighted by Crippen LogP contribution is 2.23. The quantitative estimate of drug-likeness (QED) is 0.577. The molecule has 0 aliphatic carbocycles. The first-order valence-electron chi connectivity index (χ1n) is 10.9. The van der Waals surface area contributed by atoms with Crippen LogP contribution >= 0.6 is 0 Å². The van der Waals surface area contributed by atoms with Crippen molar-refractivity contribution < 1.29 is 14.7 Å². The molecule has 0 saturated carbocycles. The Kier molecular flexibility index (Phi) is 5.97. The lowest BCUT2D eigenvalue weighted by atomic mass is 9.96. The van der Waals surface area contributed by atoms with Gasteiger partial charge in [-0.15, -0.1) is 0 Å². The van der Waals surface area contributed by atoms with E-state index in [-0.39, 0.29) is 24.2 Å². The van der Waals surface area contributed by atoms with Gasteiger partial charge in [0.15, 0.2) is 11.4 Å². The molecule has 8 nitrogen and oxygen atoms in total. The van der Waals surface area contributed by atoms with Crippen LogP contribution in [0.3, 0.4) is 0 Å². The van der Waals surface area contributed by atoms with Crippen molar-refractivity contribution in [3.05, 3.63) is 59.4 Å². The first kappa shape index (κ1) is 22.0. The van der Waals surface area contributed by atoms with E-state index >= 15 is 0 Å². The summed E-state index contributed by atoms with van der Waals surface area (Å²) >= 11 is 0. The van der Waals surface area contributed by atoms with Gasteiger partial charge in [0.2, 0.25) is 5.91 Å². The average molecular weight is 436 g/mol. The fourth-order valence-corrected chi connectivity index (χ4v) is 4.18. The van der Waals surface area contributed by atoms with Crippen LogP contribution in [0.4, 0.5) is 5.82 Å². The summed E-state index contributed by atoms with van der Waals surface area (Å²) < 4.78 is 1.78. The van der Waals surface area contributed by atoms with Crippen LogP contribution in [0.25, 0.3) is 5.65 Å². The normalized spacial score (nSPS) is 16.9. The number of amides is 1. The molecule has 1 atom stereocenters. The van der Waals surface area contributed by atoms with Crippen LogP contribution in [0, 0.1) is 0 Å². The van der Waals surface area contributed by atoms with E-state index in [2.05, 4.69) is 20.3 Å². The lowest BCUT2D eigenvalue weighted by Crippen LogP contribution is -2.47. The number of nitrogens with one attached hydrogen (secondary N) is 1. The van der Waals surface area contributed by atoms with E-state index in [9.17, 15) is 14.7 Å². The maximum absolute atomic E-state index is 12.9. The van der Waals surface area contributed by atoms with E-state index in [1.807, 2.05) is 12.1 Å². The van der Waals surface area contributed by atoms with E-state index < -0.39 is 5.60 Å². The SMILES string of the molecule is CC(=O)N[C@H]1CCCN(c2cc(CC(=O)c3ccc(C(C)(C)O)cc3)nc3ccnn23)C1. The number of carbonyl (C=O) groups excluding carboxylic acids is 2. The molecule has 0 radical (unpaired) electrons. The molecule has 0 spiro atoms. The van der Waals surface area contributed by atoms with Crippen LogP contribution < -0.4 is 10.2 Å². The highest BCUT2D eigenvalue weighted by Gasteiger charge is 2.24. The third-order valence-electron chi connectivity index (χ3n) is 5.80. The van der Waals surface area contributed by atoms with Gasteiger partial charge in [-0.25, -0.2) is 4.98 Å². The topological polar surface area (TPSA) is 99.8 Å². The lowest BCUT2D eigenvalue weighted by molar-refractivity contribution is -0.119. The third-order valence-corrected chi connectivity index (χ3v) is 5.80. The molecule has 0 bridgehead atoms. The molecule has 1 aliphatic heterocycles. The van der Waals surface area contributed by atoms with Crippen LogP contribution in [0.15, 0.2) is 42.6 Å². The predicted molar refractivity (Wildman–Crippen MR) is 122 cm³/mol. The highest BCUT2D eigenvalue weighted by molar-refractivity contribution is 5.97. The fourth-order valence-electron chi connectivity index (χ4n) is 4.18. The Balaban J connectivity index is 1.58. The summed E-state index contributed by atoms with van der Waals surface area (Å²) in [5, 5.41) is 17.5. The Labute approximate surface area is 187 Å². The van der Waals surface area contributed by atoms with Crippen molar-refractivity contribution in [2.75, 3.05) is 18.0 Å². The average Bonchev–Trinajstić information content (AvgIpc) is 3.21. The second-order valence-electron chi connectivity index (χ2n) is 8.93. The minimum absolute atomic E-state index is 0.0299. The summed E-state index contributed by atoms with van der Waals surface area (Å²) in [5.41, 5.74) is 1.75. The van der Waals surface area contributed by atoms with Crippen molar-refractivity contribution in [2.45, 2.75) is 51.7 Å². The van der Waals surface area contributed by atoms with Gasteiger partial charge in [0.1, 0.15) is 5.82 Å². The minimum Gasteiger partial charge on any atom is -0.386 e. The van der Waals surface area contributed by atoms with Crippen LogP contribution in [-0.4, -0.2) is 50.5 Å². The second-order valence-corrected chi connectivity index (χ2v) is 8.93. The van der Waals surface area contributed by atoms with Gasteiger partial charge in [0.05, 0.1) is 23.9 Å². The van der Waals surface area contributed by atoms with Crippen molar-refractivity contribution >= 4 is 23.2 Å². The number of hydrogen-bond acceptors (Lipinski definition) is 6. The van der Waals surface area contributed by atoms with E-state index in [1.165, 1.54) is 6.92 Å². The van der Waals surface area contributed by atoms with Crippen LogP contribution in [0.5, 0.6) is 0 Å². The van der Waals surface area contributed by atoms with E-state index in [1.54, 1.807) is 48.8 Å². The zero-order valence-electron chi connectivity index (χ0n) is 18.7. The first-order chi connectivity index (χ1) is 15.2. The Morgan fingerprint density at radius 3 is 2.66 bits per heavy atom.